The molecule has 0 rings (SSSR count). The Labute approximate surface area is 30.8 Å². The van der Waals surface area contributed by atoms with Crippen molar-refractivity contribution >= 4 is 0 Å². The van der Waals surface area contributed by atoms with Crippen LogP contribution in [-0.2, 0) is 0 Å². The molecule has 0 heterocycles. The first-order chi connectivity index (χ1) is 2.41. The molecule has 0 N–H and O–H groups in total. The van der Waals surface area contributed by atoms with Gasteiger partial charge in [-0.05, 0) is 6.92 Å². The van der Waals surface area contributed by atoms with E-state index >= 15 is 0 Å². The molecule has 0 amide bonds. The molecule has 0 radical (unpaired) electrons. The van der Waals surface area contributed by atoms with Gasteiger partial charge in [-0.3, -0.25) is 8.78 Å². The van der Waals surface area contributed by atoms with Crippen LogP contribution in [0.15, 0.2) is 0 Å². The Balaban J connectivity index is 0. The van der Waals surface area contributed by atoms with E-state index in [4.69, 9.17) is 0 Å². The van der Waals surface area contributed by atoms with Gasteiger partial charge in [0.15, 0.2) is 0 Å². The van der Waals surface area contributed by atoms with E-state index in [-0.39, 0.29) is 6.67 Å². The van der Waals surface area contributed by atoms with Crippen molar-refractivity contribution in [3.05, 3.63) is 0 Å². The fraction of sp³-hybridized carbons (Fsp3) is 1.00. The molecule has 0 nitrogen and oxygen atoms in total. The zero-order chi connectivity index (χ0) is 4.71. The van der Waals surface area contributed by atoms with Crippen molar-refractivity contribution in [2.24, 2.45) is 0 Å². The normalized spacial score (nSPS) is 4.80. The molecule has 0 aromatic heterocycles. The van der Waals surface area contributed by atoms with Gasteiger partial charge in [0, 0.05) is 0 Å². The Bertz CT molecular complexity index is 4.85. The second kappa shape index (κ2) is 42.7. The van der Waals surface area contributed by atoms with Crippen molar-refractivity contribution < 1.29 is 8.78 Å². The molecule has 2 heteroatoms. The van der Waals surface area contributed by atoms with Crippen molar-refractivity contribution in [3.8, 4) is 0 Å². The number of hydrogen-bond donors (Lipinski definition) is 0. The van der Waals surface area contributed by atoms with Gasteiger partial charge in [0.25, 0.3) is 0 Å². The van der Waals surface area contributed by atoms with Crippen molar-refractivity contribution in [3.63, 3.8) is 0 Å². The van der Waals surface area contributed by atoms with E-state index in [2.05, 4.69) is 0 Å². The number of hydrogen-bond acceptors (Lipinski definition) is 0. The molecule has 0 aromatic carbocycles. The lowest BCUT2D eigenvalue weighted by Crippen LogP contribution is -1.40. The van der Waals surface area contributed by atoms with Gasteiger partial charge in [-0.1, -0.05) is 0 Å². The average Bonchev–Trinajstić information content (AvgIpc) is 1.46. The molecule has 0 spiro atoms. The summed E-state index contributed by atoms with van der Waals surface area (Å²) in [6.45, 7) is 1.21. The monoisotopic (exact) mass is 82.1 g/mol. The first kappa shape index (κ1) is 8.85. The highest BCUT2D eigenvalue weighted by Gasteiger charge is 1.39. The molecular weight excluding hydrogens is 74.0 g/mol. The zero-order valence-electron chi connectivity index (χ0n) is 3.46. The standard InChI is InChI=1S/C2H5F.CH3F/c1-2-3;1-2/h2H2,1H3;1H3. The van der Waals surface area contributed by atoms with E-state index in [0.717, 1.165) is 0 Å². The van der Waals surface area contributed by atoms with Crippen molar-refractivity contribution in [2.75, 3.05) is 13.9 Å². The maximum atomic E-state index is 10.3. The van der Waals surface area contributed by atoms with Gasteiger partial charge < -0.3 is 0 Å². The summed E-state index contributed by atoms with van der Waals surface area (Å²) < 4.78 is 19.8. The molecule has 0 aliphatic rings. The highest BCUT2D eigenvalue weighted by atomic mass is 19.1. The third kappa shape index (κ3) is 681. The molecule has 5 heavy (non-hydrogen) atoms. The minimum absolute atomic E-state index is 0.250. The molecule has 0 saturated heterocycles. The Morgan fingerprint density at radius 2 is 1.40 bits per heavy atom. The summed E-state index contributed by atoms with van der Waals surface area (Å²) in [6.07, 6.45) is 0. The molecule has 0 fully saturated rings. The molecule has 0 aliphatic carbocycles. The lowest BCUT2D eigenvalue weighted by molar-refractivity contribution is 0.527. The summed E-state index contributed by atoms with van der Waals surface area (Å²) in [5.74, 6) is 0. The lowest BCUT2D eigenvalue weighted by atomic mass is 10.9. The minimum atomic E-state index is -0.250. The largest absolute Gasteiger partial charge is 0.255 e. The van der Waals surface area contributed by atoms with Gasteiger partial charge in [-0.15, -0.1) is 0 Å². The predicted molar refractivity (Wildman–Crippen MR) is 18.7 cm³/mol. The molecule has 0 aromatic rings. The van der Waals surface area contributed by atoms with E-state index in [1.54, 1.807) is 0 Å². The third-order valence-corrected chi connectivity index (χ3v) is 0. The summed E-state index contributed by atoms with van der Waals surface area (Å²) in [6, 6.07) is 0. The van der Waals surface area contributed by atoms with Crippen LogP contribution < -0.4 is 0 Å². The Hall–Kier alpha value is -0.140. The topological polar surface area (TPSA) is 0 Å². The maximum absolute atomic E-state index is 10.3. The average molecular weight is 82.1 g/mol. The van der Waals surface area contributed by atoms with Crippen LogP contribution in [0.2, 0.25) is 0 Å². The fourth-order valence-corrected chi connectivity index (χ4v) is 0. The van der Waals surface area contributed by atoms with Gasteiger partial charge in [0.05, 0.1) is 13.9 Å². The number of rotatable bonds is 0. The van der Waals surface area contributed by atoms with Crippen molar-refractivity contribution in [2.45, 2.75) is 6.92 Å². The van der Waals surface area contributed by atoms with Crippen LogP contribution in [0.5, 0.6) is 0 Å². The van der Waals surface area contributed by atoms with Gasteiger partial charge in [0.1, 0.15) is 0 Å². The van der Waals surface area contributed by atoms with Gasteiger partial charge in [-0.25, -0.2) is 0 Å². The fourth-order valence-electron chi connectivity index (χ4n) is 0. The predicted octanol–water partition coefficient (Wildman–Crippen LogP) is 1.56. The van der Waals surface area contributed by atoms with Crippen LogP contribution in [-0.4, -0.2) is 13.9 Å². The zero-order valence-corrected chi connectivity index (χ0v) is 3.46. The molecule has 0 unspecified atom stereocenters. The first-order valence-electron chi connectivity index (χ1n) is 1.35. The van der Waals surface area contributed by atoms with E-state index in [0.29, 0.717) is 7.18 Å². The second-order valence-corrected chi connectivity index (χ2v) is 0.267. The van der Waals surface area contributed by atoms with Crippen LogP contribution in [0.4, 0.5) is 8.78 Å². The van der Waals surface area contributed by atoms with Crippen LogP contribution in [0.1, 0.15) is 6.92 Å². The minimum Gasteiger partial charge on any atom is -0.255 e. The molecule has 34 valence electrons. The lowest BCUT2D eigenvalue weighted by Gasteiger charge is -1.45. The highest BCUT2D eigenvalue weighted by molar-refractivity contribution is 3.86. The Morgan fingerprint density at radius 3 is 1.40 bits per heavy atom. The SMILES string of the molecule is CCF.CF. The van der Waals surface area contributed by atoms with Crippen LogP contribution in [0, 0.1) is 0 Å². The summed E-state index contributed by atoms with van der Waals surface area (Å²) in [5, 5.41) is 0. The molecular formula is C3H8F2. The van der Waals surface area contributed by atoms with Gasteiger partial charge >= 0.3 is 0 Å². The van der Waals surface area contributed by atoms with E-state index in [9.17, 15) is 8.78 Å². The molecule has 0 atom stereocenters. The quantitative estimate of drug-likeness (QED) is 0.416. The number of alkyl halides is 2. The van der Waals surface area contributed by atoms with Crippen LogP contribution in [0.3, 0.4) is 0 Å². The molecule has 0 aliphatic heterocycles. The molecule has 0 bridgehead atoms. The van der Waals surface area contributed by atoms with Crippen molar-refractivity contribution in [1.82, 2.24) is 0 Å². The Morgan fingerprint density at radius 1 is 1.40 bits per heavy atom. The van der Waals surface area contributed by atoms with Crippen molar-refractivity contribution in [1.29, 1.82) is 0 Å². The molecule has 0 saturated carbocycles. The van der Waals surface area contributed by atoms with Crippen LogP contribution >= 0.6 is 0 Å². The smallest absolute Gasteiger partial charge is 0.0866 e. The van der Waals surface area contributed by atoms with Crippen LogP contribution in [0.25, 0.3) is 0 Å². The van der Waals surface area contributed by atoms with E-state index in [1.165, 1.54) is 6.92 Å². The van der Waals surface area contributed by atoms with Gasteiger partial charge in [0.2, 0.25) is 0 Å². The van der Waals surface area contributed by atoms with E-state index < -0.39 is 0 Å². The maximum Gasteiger partial charge on any atom is 0.0866 e. The summed E-state index contributed by atoms with van der Waals surface area (Å²) in [4.78, 5) is 0. The third-order valence-electron chi connectivity index (χ3n) is 0. The summed E-state index contributed by atoms with van der Waals surface area (Å²) in [5.41, 5.74) is 0. The number of halogens is 2. The van der Waals surface area contributed by atoms with Gasteiger partial charge in [-0.2, -0.15) is 0 Å². The highest BCUT2D eigenvalue weighted by Crippen LogP contribution is 1.48. The summed E-state index contributed by atoms with van der Waals surface area (Å²) >= 11 is 0. The van der Waals surface area contributed by atoms with E-state index in [1.807, 2.05) is 0 Å². The summed E-state index contributed by atoms with van der Waals surface area (Å²) in [7, 11) is 0.500. The second-order valence-electron chi connectivity index (χ2n) is 0.267. The first-order valence-corrected chi connectivity index (χ1v) is 1.35. The Kier molecular flexibility index (Phi) is 75.6.